The van der Waals surface area contributed by atoms with Crippen molar-refractivity contribution >= 4 is 22.6 Å². The van der Waals surface area contributed by atoms with E-state index in [1.807, 2.05) is 37.3 Å². The van der Waals surface area contributed by atoms with Gasteiger partial charge in [-0.2, -0.15) is 5.10 Å². The summed E-state index contributed by atoms with van der Waals surface area (Å²) in [5.74, 6) is 0. The van der Waals surface area contributed by atoms with Crippen molar-refractivity contribution < 1.29 is 5.11 Å². The minimum absolute atomic E-state index is 0.225. The molecule has 0 radical (unpaired) electrons. The molecule has 0 saturated heterocycles. The van der Waals surface area contributed by atoms with Gasteiger partial charge in [0, 0.05) is 51.9 Å². The van der Waals surface area contributed by atoms with E-state index in [2.05, 4.69) is 20.2 Å². The van der Waals surface area contributed by atoms with Gasteiger partial charge in [-0.05, 0) is 54.4 Å². The number of fused-ring (bicyclic) bond motifs is 1. The summed E-state index contributed by atoms with van der Waals surface area (Å²) in [5, 5.41) is 18.8. The molecular formula is C25H20ClN5O2. The standard InChI is InChI=1S/C25H20ClN5O2/c1-15-9-18(5-7-27-15)24-21-11-19(13-28-25(21)30-29-24)16-6-8-31(23(33)12-16)22(14-32)17-3-2-4-20(26)10-17/h2-13,22,32H,14H2,1H3,(H,28,29,30)/t22-/m1/s1. The summed E-state index contributed by atoms with van der Waals surface area (Å²) in [7, 11) is 0. The van der Waals surface area contributed by atoms with Gasteiger partial charge in [0.1, 0.15) is 5.69 Å². The maximum absolute atomic E-state index is 13.0. The van der Waals surface area contributed by atoms with Crippen LogP contribution in [0.4, 0.5) is 0 Å². The first kappa shape index (κ1) is 21.1. The maximum Gasteiger partial charge on any atom is 0.251 e. The van der Waals surface area contributed by atoms with Gasteiger partial charge in [0.15, 0.2) is 5.65 Å². The Labute approximate surface area is 194 Å². The van der Waals surface area contributed by atoms with Crippen molar-refractivity contribution in [2.75, 3.05) is 6.61 Å². The molecule has 0 bridgehead atoms. The molecule has 2 N–H and O–H groups in total. The molecule has 0 saturated carbocycles. The quantitative estimate of drug-likeness (QED) is 0.408. The number of rotatable bonds is 5. The molecule has 0 amide bonds. The number of aromatic nitrogens is 5. The predicted molar refractivity (Wildman–Crippen MR) is 128 cm³/mol. The SMILES string of the molecule is Cc1cc(-c2n[nH]c3ncc(-c4ccn([C@H](CO)c5cccc(Cl)c5)c(=O)c4)cc23)ccn1. The van der Waals surface area contributed by atoms with Crippen molar-refractivity contribution in [1.82, 2.24) is 24.7 Å². The van der Waals surface area contributed by atoms with E-state index in [-0.39, 0.29) is 12.2 Å². The lowest BCUT2D eigenvalue weighted by atomic mass is 10.0. The lowest BCUT2D eigenvalue weighted by Crippen LogP contribution is -2.26. The minimum atomic E-state index is -0.527. The summed E-state index contributed by atoms with van der Waals surface area (Å²) in [6, 6.07) is 15.8. The van der Waals surface area contributed by atoms with Crippen LogP contribution in [0.2, 0.25) is 5.02 Å². The molecular weight excluding hydrogens is 438 g/mol. The van der Waals surface area contributed by atoms with Crippen molar-refractivity contribution in [3.05, 3.63) is 99.8 Å². The van der Waals surface area contributed by atoms with Gasteiger partial charge in [0.25, 0.3) is 5.56 Å². The van der Waals surface area contributed by atoms with Crippen LogP contribution in [0.5, 0.6) is 0 Å². The number of aryl methyl sites for hydroxylation is 1. The summed E-state index contributed by atoms with van der Waals surface area (Å²) < 4.78 is 1.50. The number of hydrogen-bond acceptors (Lipinski definition) is 5. The van der Waals surface area contributed by atoms with Crippen molar-refractivity contribution in [2.45, 2.75) is 13.0 Å². The zero-order valence-corrected chi connectivity index (χ0v) is 18.5. The van der Waals surface area contributed by atoms with E-state index in [1.165, 1.54) is 4.57 Å². The maximum atomic E-state index is 13.0. The van der Waals surface area contributed by atoms with Gasteiger partial charge in [-0.3, -0.25) is 14.9 Å². The molecule has 1 aromatic carbocycles. The molecule has 0 aliphatic carbocycles. The van der Waals surface area contributed by atoms with Gasteiger partial charge in [-0.15, -0.1) is 0 Å². The molecule has 8 heteroatoms. The van der Waals surface area contributed by atoms with E-state index >= 15 is 0 Å². The molecule has 0 aliphatic rings. The number of H-pyrrole nitrogens is 1. The molecule has 33 heavy (non-hydrogen) atoms. The largest absolute Gasteiger partial charge is 0.394 e. The normalized spacial score (nSPS) is 12.2. The van der Waals surface area contributed by atoms with Crippen LogP contribution in [0.15, 0.2) is 78.0 Å². The Hall–Kier alpha value is -3.81. The highest BCUT2D eigenvalue weighted by molar-refractivity contribution is 6.30. The summed E-state index contributed by atoms with van der Waals surface area (Å²) in [5.41, 5.74) is 5.33. The average Bonchev–Trinajstić information content (AvgIpc) is 3.24. The fourth-order valence-corrected chi connectivity index (χ4v) is 4.17. The molecule has 5 rings (SSSR count). The number of aliphatic hydroxyl groups is 1. The van der Waals surface area contributed by atoms with Gasteiger partial charge in [0.05, 0.1) is 12.6 Å². The van der Waals surface area contributed by atoms with Crippen molar-refractivity contribution in [3.8, 4) is 22.4 Å². The Morgan fingerprint density at radius 2 is 1.94 bits per heavy atom. The highest BCUT2D eigenvalue weighted by atomic mass is 35.5. The van der Waals surface area contributed by atoms with Crippen LogP contribution in [0.1, 0.15) is 17.3 Å². The van der Waals surface area contributed by atoms with Crippen LogP contribution in [-0.4, -0.2) is 36.4 Å². The first-order valence-electron chi connectivity index (χ1n) is 10.4. The summed E-state index contributed by atoms with van der Waals surface area (Å²) >= 11 is 6.10. The number of benzene rings is 1. The van der Waals surface area contributed by atoms with Crippen molar-refractivity contribution in [3.63, 3.8) is 0 Å². The van der Waals surface area contributed by atoms with Crippen LogP contribution in [0.3, 0.4) is 0 Å². The van der Waals surface area contributed by atoms with Crippen molar-refractivity contribution in [2.24, 2.45) is 0 Å². The number of nitrogens with zero attached hydrogens (tertiary/aromatic N) is 4. The van der Waals surface area contributed by atoms with E-state index in [9.17, 15) is 9.90 Å². The summed E-state index contributed by atoms with van der Waals surface area (Å²) in [6.45, 7) is 1.71. The van der Waals surface area contributed by atoms with Crippen LogP contribution < -0.4 is 5.56 Å². The topological polar surface area (TPSA) is 96.7 Å². The molecule has 7 nitrogen and oxygen atoms in total. The van der Waals surface area contributed by atoms with Crippen molar-refractivity contribution in [1.29, 1.82) is 0 Å². The molecule has 0 aliphatic heterocycles. The zero-order valence-electron chi connectivity index (χ0n) is 17.7. The van der Waals surface area contributed by atoms with Crippen LogP contribution >= 0.6 is 11.6 Å². The Morgan fingerprint density at radius 1 is 1.06 bits per heavy atom. The number of halogens is 1. The Balaban J connectivity index is 1.55. The van der Waals surface area contributed by atoms with E-state index in [0.717, 1.165) is 39.0 Å². The van der Waals surface area contributed by atoms with E-state index in [0.29, 0.717) is 10.7 Å². The summed E-state index contributed by atoms with van der Waals surface area (Å²) in [4.78, 5) is 21.7. The first-order valence-corrected chi connectivity index (χ1v) is 10.8. The summed E-state index contributed by atoms with van der Waals surface area (Å²) in [6.07, 6.45) is 5.15. The Morgan fingerprint density at radius 3 is 2.70 bits per heavy atom. The Bertz CT molecular complexity index is 1530. The van der Waals surface area contributed by atoms with E-state index in [4.69, 9.17) is 11.6 Å². The number of nitrogens with one attached hydrogen (secondary N) is 1. The third-order valence-electron chi connectivity index (χ3n) is 5.61. The highest BCUT2D eigenvalue weighted by Gasteiger charge is 2.16. The molecule has 0 unspecified atom stereocenters. The molecule has 4 aromatic heterocycles. The lowest BCUT2D eigenvalue weighted by Gasteiger charge is -2.18. The van der Waals surface area contributed by atoms with Crippen LogP contribution in [0.25, 0.3) is 33.4 Å². The number of aromatic amines is 1. The molecule has 1 atom stereocenters. The average molecular weight is 458 g/mol. The van der Waals surface area contributed by atoms with Crippen LogP contribution in [0, 0.1) is 6.92 Å². The monoisotopic (exact) mass is 457 g/mol. The van der Waals surface area contributed by atoms with E-state index in [1.54, 1.807) is 42.9 Å². The fourth-order valence-electron chi connectivity index (χ4n) is 3.97. The molecule has 4 heterocycles. The number of hydrogen-bond donors (Lipinski definition) is 2. The molecule has 164 valence electrons. The minimum Gasteiger partial charge on any atom is -0.394 e. The van der Waals surface area contributed by atoms with E-state index < -0.39 is 6.04 Å². The van der Waals surface area contributed by atoms with Gasteiger partial charge >= 0.3 is 0 Å². The zero-order chi connectivity index (χ0) is 22.9. The van der Waals surface area contributed by atoms with Gasteiger partial charge in [-0.1, -0.05) is 23.7 Å². The lowest BCUT2D eigenvalue weighted by molar-refractivity contribution is 0.247. The first-order chi connectivity index (χ1) is 16.0. The number of pyridine rings is 3. The highest BCUT2D eigenvalue weighted by Crippen LogP contribution is 2.29. The smallest absolute Gasteiger partial charge is 0.251 e. The second-order valence-electron chi connectivity index (χ2n) is 7.79. The molecule has 5 aromatic rings. The molecule has 0 fully saturated rings. The third kappa shape index (κ3) is 4.04. The second-order valence-corrected chi connectivity index (χ2v) is 8.23. The van der Waals surface area contributed by atoms with Gasteiger partial charge in [0.2, 0.25) is 0 Å². The van der Waals surface area contributed by atoms with Crippen LogP contribution in [-0.2, 0) is 0 Å². The third-order valence-corrected chi connectivity index (χ3v) is 5.85. The predicted octanol–water partition coefficient (Wildman–Crippen LogP) is 4.39. The second kappa shape index (κ2) is 8.61. The van der Waals surface area contributed by atoms with Gasteiger partial charge in [-0.25, -0.2) is 4.98 Å². The number of aliphatic hydroxyl groups excluding tert-OH is 1. The molecule has 0 spiro atoms. The van der Waals surface area contributed by atoms with Gasteiger partial charge < -0.3 is 9.67 Å². The fraction of sp³-hybridized carbons (Fsp3) is 0.120. The Kier molecular flexibility index (Phi) is 5.50.